The van der Waals surface area contributed by atoms with Crippen LogP contribution in [0.2, 0.25) is 0 Å². The van der Waals surface area contributed by atoms with Crippen molar-refractivity contribution in [3.63, 3.8) is 0 Å². The summed E-state index contributed by atoms with van der Waals surface area (Å²) in [4.78, 5) is 39.6. The van der Waals surface area contributed by atoms with Crippen LogP contribution in [0.5, 0.6) is 0 Å². The van der Waals surface area contributed by atoms with E-state index in [4.69, 9.17) is 0 Å². The van der Waals surface area contributed by atoms with Gasteiger partial charge in [0.05, 0.1) is 11.3 Å². The average Bonchev–Trinajstić information content (AvgIpc) is 3.00. The molecule has 0 bridgehead atoms. The highest BCUT2D eigenvalue weighted by atomic mass is 16.2. The van der Waals surface area contributed by atoms with E-state index in [2.05, 4.69) is 10.6 Å². The van der Waals surface area contributed by atoms with E-state index >= 15 is 0 Å². The fourth-order valence-electron chi connectivity index (χ4n) is 3.85. The highest BCUT2D eigenvalue weighted by Gasteiger charge is 2.40. The van der Waals surface area contributed by atoms with Crippen LogP contribution in [0.3, 0.4) is 0 Å². The first-order chi connectivity index (χ1) is 15.7. The van der Waals surface area contributed by atoms with Gasteiger partial charge in [0.15, 0.2) is 0 Å². The molecule has 0 aliphatic carbocycles. The van der Waals surface area contributed by atoms with E-state index < -0.39 is 11.8 Å². The van der Waals surface area contributed by atoms with Crippen LogP contribution >= 0.6 is 0 Å². The van der Waals surface area contributed by atoms with Crippen LogP contribution in [0.25, 0.3) is 5.57 Å². The summed E-state index contributed by atoms with van der Waals surface area (Å²) < 4.78 is 0. The fraction of sp³-hybridized carbons (Fsp3) is 0.148. The van der Waals surface area contributed by atoms with Crippen molar-refractivity contribution in [2.75, 3.05) is 15.5 Å². The monoisotopic (exact) mass is 439 g/mol. The van der Waals surface area contributed by atoms with Crippen LogP contribution in [0.1, 0.15) is 29.2 Å². The molecule has 6 heteroatoms. The highest BCUT2D eigenvalue weighted by molar-refractivity contribution is 6.46. The SMILES string of the molecule is CC(=O)Nc1ccc(C2=C(Nc3ccc(C)cc3C)C(=O)N(c3ccc(C)cc3)C2=O)cc1. The van der Waals surface area contributed by atoms with Crippen LogP contribution in [0.15, 0.2) is 72.4 Å². The number of hydrogen-bond acceptors (Lipinski definition) is 4. The molecule has 166 valence electrons. The predicted octanol–water partition coefficient (Wildman–Crippen LogP) is 4.97. The van der Waals surface area contributed by atoms with E-state index in [1.54, 1.807) is 36.4 Å². The molecule has 0 saturated heterocycles. The Kier molecular flexibility index (Phi) is 5.84. The second kappa shape index (κ2) is 8.74. The summed E-state index contributed by atoms with van der Waals surface area (Å²) in [5.74, 6) is -0.995. The van der Waals surface area contributed by atoms with Gasteiger partial charge in [-0.05, 0) is 62.2 Å². The molecule has 0 saturated carbocycles. The predicted molar refractivity (Wildman–Crippen MR) is 131 cm³/mol. The molecule has 3 aromatic carbocycles. The lowest BCUT2D eigenvalue weighted by Crippen LogP contribution is -2.32. The maximum atomic E-state index is 13.5. The zero-order chi connectivity index (χ0) is 23.7. The number of imide groups is 1. The Morgan fingerprint density at radius 2 is 1.42 bits per heavy atom. The Hall–Kier alpha value is -4.19. The molecule has 1 aliphatic heterocycles. The van der Waals surface area contributed by atoms with Crippen molar-refractivity contribution in [3.8, 4) is 0 Å². The topological polar surface area (TPSA) is 78.5 Å². The number of aryl methyl sites for hydroxylation is 3. The Morgan fingerprint density at radius 1 is 0.788 bits per heavy atom. The number of carbonyl (C=O) groups excluding carboxylic acids is 3. The summed E-state index contributed by atoms with van der Waals surface area (Å²) in [7, 11) is 0. The molecule has 0 radical (unpaired) electrons. The van der Waals surface area contributed by atoms with Gasteiger partial charge in [0.1, 0.15) is 5.70 Å². The molecule has 4 rings (SSSR count). The van der Waals surface area contributed by atoms with Crippen LogP contribution in [-0.4, -0.2) is 17.7 Å². The van der Waals surface area contributed by atoms with Gasteiger partial charge in [-0.15, -0.1) is 0 Å². The lowest BCUT2D eigenvalue weighted by Gasteiger charge is -2.16. The third-order valence-corrected chi connectivity index (χ3v) is 5.51. The van der Waals surface area contributed by atoms with Crippen LogP contribution in [0.4, 0.5) is 17.1 Å². The van der Waals surface area contributed by atoms with Crippen LogP contribution in [0, 0.1) is 20.8 Å². The van der Waals surface area contributed by atoms with E-state index in [1.807, 2.05) is 51.1 Å². The average molecular weight is 440 g/mol. The molecular weight excluding hydrogens is 414 g/mol. The van der Waals surface area contributed by atoms with Crippen molar-refractivity contribution in [1.82, 2.24) is 0 Å². The minimum Gasteiger partial charge on any atom is -0.350 e. The second-order valence-electron chi connectivity index (χ2n) is 8.23. The second-order valence-corrected chi connectivity index (χ2v) is 8.23. The van der Waals surface area contributed by atoms with Crippen LogP contribution < -0.4 is 15.5 Å². The van der Waals surface area contributed by atoms with Gasteiger partial charge in [0.25, 0.3) is 11.8 Å². The number of nitrogens with zero attached hydrogens (tertiary/aromatic N) is 1. The number of benzene rings is 3. The molecule has 0 spiro atoms. The highest BCUT2D eigenvalue weighted by Crippen LogP contribution is 2.35. The number of nitrogens with one attached hydrogen (secondary N) is 2. The van der Waals surface area contributed by atoms with Crippen LogP contribution in [-0.2, 0) is 14.4 Å². The lowest BCUT2D eigenvalue weighted by atomic mass is 10.0. The number of hydrogen-bond donors (Lipinski definition) is 2. The van der Waals surface area contributed by atoms with E-state index in [9.17, 15) is 14.4 Å². The van der Waals surface area contributed by atoms with Crippen molar-refractivity contribution in [3.05, 3.63) is 94.7 Å². The summed E-state index contributed by atoms with van der Waals surface area (Å²) in [6.45, 7) is 7.34. The van der Waals surface area contributed by atoms with E-state index in [0.29, 0.717) is 16.9 Å². The summed E-state index contributed by atoms with van der Waals surface area (Å²) in [6.07, 6.45) is 0. The Bertz CT molecular complexity index is 1290. The zero-order valence-electron chi connectivity index (χ0n) is 19.0. The van der Waals surface area contributed by atoms with Crippen molar-refractivity contribution in [2.45, 2.75) is 27.7 Å². The zero-order valence-corrected chi connectivity index (χ0v) is 19.0. The molecule has 1 aliphatic rings. The van der Waals surface area contributed by atoms with Gasteiger partial charge in [-0.25, -0.2) is 4.90 Å². The molecule has 3 aromatic rings. The number of anilines is 3. The van der Waals surface area contributed by atoms with Crippen molar-refractivity contribution in [1.29, 1.82) is 0 Å². The lowest BCUT2D eigenvalue weighted by molar-refractivity contribution is -0.120. The minimum absolute atomic E-state index is 0.183. The Morgan fingerprint density at radius 3 is 2.03 bits per heavy atom. The van der Waals surface area contributed by atoms with Gasteiger partial charge < -0.3 is 10.6 Å². The number of rotatable bonds is 5. The molecule has 0 unspecified atom stereocenters. The molecule has 3 amide bonds. The summed E-state index contributed by atoms with van der Waals surface area (Å²) >= 11 is 0. The third-order valence-electron chi connectivity index (χ3n) is 5.51. The van der Waals surface area contributed by atoms with Gasteiger partial charge in [-0.1, -0.05) is 47.5 Å². The maximum Gasteiger partial charge on any atom is 0.282 e. The van der Waals surface area contributed by atoms with Crippen molar-refractivity contribution >= 4 is 40.4 Å². The third kappa shape index (κ3) is 4.41. The van der Waals surface area contributed by atoms with Crippen molar-refractivity contribution in [2.24, 2.45) is 0 Å². The van der Waals surface area contributed by atoms with E-state index in [0.717, 1.165) is 22.4 Å². The van der Waals surface area contributed by atoms with Crippen molar-refractivity contribution < 1.29 is 14.4 Å². The largest absolute Gasteiger partial charge is 0.350 e. The molecule has 6 nitrogen and oxygen atoms in total. The maximum absolute atomic E-state index is 13.5. The summed E-state index contributed by atoms with van der Waals surface area (Å²) in [5, 5.41) is 5.93. The van der Waals surface area contributed by atoms with E-state index in [-0.39, 0.29) is 17.2 Å². The first-order valence-corrected chi connectivity index (χ1v) is 10.7. The number of amides is 3. The Labute approximate surface area is 192 Å². The quantitative estimate of drug-likeness (QED) is 0.551. The molecule has 0 atom stereocenters. The number of carbonyl (C=O) groups is 3. The smallest absolute Gasteiger partial charge is 0.282 e. The minimum atomic E-state index is -0.412. The van der Waals surface area contributed by atoms with Gasteiger partial charge in [-0.3, -0.25) is 14.4 Å². The van der Waals surface area contributed by atoms with E-state index in [1.165, 1.54) is 11.8 Å². The molecule has 0 aromatic heterocycles. The first-order valence-electron chi connectivity index (χ1n) is 10.7. The normalized spacial score (nSPS) is 13.5. The molecule has 1 heterocycles. The fourth-order valence-corrected chi connectivity index (χ4v) is 3.85. The summed E-state index contributed by atoms with van der Waals surface area (Å²) in [5.41, 5.74) is 6.10. The Balaban J connectivity index is 1.80. The molecular formula is C27H25N3O3. The standard InChI is InChI=1S/C27H25N3O3/c1-16-5-12-22(13-6-16)30-26(32)24(20-8-10-21(11-9-20)28-19(4)31)25(27(30)33)29-23-14-7-17(2)15-18(23)3/h5-15,29H,1-4H3,(H,28,31). The van der Waals surface area contributed by atoms with Gasteiger partial charge in [0.2, 0.25) is 5.91 Å². The van der Waals surface area contributed by atoms with Gasteiger partial charge in [0, 0.05) is 18.3 Å². The molecule has 2 N–H and O–H groups in total. The molecule has 0 fully saturated rings. The molecule has 33 heavy (non-hydrogen) atoms. The van der Waals surface area contributed by atoms with Gasteiger partial charge in [-0.2, -0.15) is 0 Å². The summed E-state index contributed by atoms with van der Waals surface area (Å²) in [6, 6.07) is 20.0. The first kappa shape index (κ1) is 22.0. The van der Waals surface area contributed by atoms with Gasteiger partial charge >= 0.3 is 0 Å².